The van der Waals surface area contributed by atoms with E-state index in [4.69, 9.17) is 5.73 Å². The van der Waals surface area contributed by atoms with E-state index in [2.05, 4.69) is 14.9 Å². The van der Waals surface area contributed by atoms with E-state index >= 15 is 0 Å². The number of H-pyrrole nitrogens is 1. The van der Waals surface area contributed by atoms with E-state index in [1.165, 1.54) is 32.2 Å². The summed E-state index contributed by atoms with van der Waals surface area (Å²) >= 11 is 0. The minimum absolute atomic E-state index is 0.793. The van der Waals surface area contributed by atoms with Gasteiger partial charge in [-0.05, 0) is 49.8 Å². The molecule has 2 aliphatic carbocycles. The number of nitrogens with two attached hydrogens (primary N) is 1. The average Bonchev–Trinajstić information content (AvgIpc) is 3.32. The number of hydrogen-bond acceptors (Lipinski definition) is 3. The zero-order chi connectivity index (χ0) is 13.5. The number of nitrogen functional groups attached to an aromatic ring is 1. The molecular formula is C16H22N4. The Bertz CT molecular complexity index is 610. The number of rotatable bonds is 6. The quantitative estimate of drug-likeness (QED) is 0.793. The van der Waals surface area contributed by atoms with Crippen LogP contribution < -0.4 is 5.73 Å². The van der Waals surface area contributed by atoms with E-state index in [-0.39, 0.29) is 0 Å². The van der Waals surface area contributed by atoms with Gasteiger partial charge in [0, 0.05) is 31.2 Å². The Kier molecular flexibility index (Phi) is 2.91. The molecule has 4 rings (SSSR count). The zero-order valence-electron chi connectivity index (χ0n) is 11.8. The first kappa shape index (κ1) is 12.2. The fourth-order valence-electron chi connectivity index (χ4n) is 2.94. The van der Waals surface area contributed by atoms with Crippen molar-refractivity contribution in [3.8, 4) is 0 Å². The maximum absolute atomic E-state index is 5.81. The lowest BCUT2D eigenvalue weighted by Gasteiger charge is -2.21. The van der Waals surface area contributed by atoms with Crippen molar-refractivity contribution in [3.63, 3.8) is 0 Å². The van der Waals surface area contributed by atoms with Gasteiger partial charge >= 0.3 is 0 Å². The molecule has 0 spiro atoms. The molecule has 4 heteroatoms. The van der Waals surface area contributed by atoms with Gasteiger partial charge < -0.3 is 10.7 Å². The van der Waals surface area contributed by atoms with E-state index in [0.717, 1.165) is 47.5 Å². The monoisotopic (exact) mass is 270 g/mol. The first-order valence-electron chi connectivity index (χ1n) is 7.76. The Hall–Kier alpha value is -1.55. The fraction of sp³-hybridized carbons (Fsp3) is 0.562. The highest BCUT2D eigenvalue weighted by atomic mass is 15.2. The molecule has 0 saturated heterocycles. The molecule has 2 saturated carbocycles. The van der Waals surface area contributed by atoms with Crippen molar-refractivity contribution in [2.24, 2.45) is 5.92 Å². The van der Waals surface area contributed by atoms with E-state index in [9.17, 15) is 0 Å². The van der Waals surface area contributed by atoms with Gasteiger partial charge in [-0.2, -0.15) is 0 Å². The third-order valence-corrected chi connectivity index (χ3v) is 4.44. The van der Waals surface area contributed by atoms with Crippen LogP contribution in [-0.4, -0.2) is 34.0 Å². The van der Waals surface area contributed by atoms with Gasteiger partial charge in [0.25, 0.3) is 0 Å². The average molecular weight is 270 g/mol. The largest absolute Gasteiger partial charge is 0.399 e. The maximum Gasteiger partial charge on any atom is 0.108 e. The molecule has 1 aromatic carbocycles. The zero-order valence-corrected chi connectivity index (χ0v) is 11.8. The number of aromatic nitrogens is 2. The summed E-state index contributed by atoms with van der Waals surface area (Å²) in [5.74, 6) is 2.07. The second-order valence-corrected chi connectivity index (χ2v) is 6.38. The van der Waals surface area contributed by atoms with E-state index in [0.29, 0.717) is 0 Å². The lowest BCUT2D eigenvalue weighted by Crippen LogP contribution is -2.30. The molecule has 0 bridgehead atoms. The highest BCUT2D eigenvalue weighted by Gasteiger charge is 2.33. The third-order valence-electron chi connectivity index (χ3n) is 4.44. The van der Waals surface area contributed by atoms with Gasteiger partial charge in [-0.25, -0.2) is 4.98 Å². The predicted octanol–water partition coefficient (Wildman–Crippen LogP) is 2.56. The topological polar surface area (TPSA) is 57.9 Å². The predicted molar refractivity (Wildman–Crippen MR) is 81.5 cm³/mol. The molecule has 106 valence electrons. The van der Waals surface area contributed by atoms with Crippen molar-refractivity contribution < 1.29 is 0 Å². The van der Waals surface area contributed by atoms with E-state index in [1.807, 2.05) is 18.2 Å². The first-order valence-corrected chi connectivity index (χ1v) is 7.76. The summed E-state index contributed by atoms with van der Waals surface area (Å²) < 4.78 is 0. The summed E-state index contributed by atoms with van der Waals surface area (Å²) in [6, 6.07) is 6.73. The van der Waals surface area contributed by atoms with Crippen LogP contribution in [0.3, 0.4) is 0 Å². The molecule has 0 aliphatic heterocycles. The van der Waals surface area contributed by atoms with Crippen molar-refractivity contribution in [2.75, 3.05) is 18.8 Å². The number of fused-ring (bicyclic) bond motifs is 1. The molecule has 2 aromatic rings. The SMILES string of the molecule is Nc1ccc2nc(CCN(CC3CC3)C3CC3)[nH]c2c1. The van der Waals surface area contributed by atoms with Crippen LogP contribution in [0.1, 0.15) is 31.5 Å². The van der Waals surface area contributed by atoms with Crippen molar-refractivity contribution in [2.45, 2.75) is 38.1 Å². The van der Waals surface area contributed by atoms with Gasteiger partial charge in [0.05, 0.1) is 11.0 Å². The van der Waals surface area contributed by atoms with Crippen molar-refractivity contribution in [3.05, 3.63) is 24.0 Å². The number of imidazole rings is 1. The summed E-state index contributed by atoms with van der Waals surface area (Å²) in [5, 5.41) is 0. The molecule has 1 aromatic heterocycles. The fourth-order valence-corrected chi connectivity index (χ4v) is 2.94. The summed E-state index contributed by atoms with van der Waals surface area (Å²) in [5.41, 5.74) is 8.68. The van der Waals surface area contributed by atoms with Crippen LogP contribution in [0.4, 0.5) is 5.69 Å². The van der Waals surface area contributed by atoms with Crippen molar-refractivity contribution in [1.82, 2.24) is 14.9 Å². The second-order valence-electron chi connectivity index (χ2n) is 6.38. The summed E-state index contributed by atoms with van der Waals surface area (Å²) in [4.78, 5) is 10.7. The molecule has 4 nitrogen and oxygen atoms in total. The Labute approximate surface area is 119 Å². The molecule has 2 fully saturated rings. The van der Waals surface area contributed by atoms with Gasteiger partial charge in [-0.15, -0.1) is 0 Å². The van der Waals surface area contributed by atoms with Crippen LogP contribution >= 0.6 is 0 Å². The third kappa shape index (κ3) is 2.66. The first-order chi connectivity index (χ1) is 9.78. The smallest absolute Gasteiger partial charge is 0.108 e. The van der Waals surface area contributed by atoms with E-state index in [1.54, 1.807) is 0 Å². The molecule has 1 heterocycles. The minimum atomic E-state index is 0.793. The minimum Gasteiger partial charge on any atom is -0.399 e. The lowest BCUT2D eigenvalue weighted by molar-refractivity contribution is 0.254. The Morgan fingerprint density at radius 3 is 2.85 bits per heavy atom. The van der Waals surface area contributed by atoms with E-state index < -0.39 is 0 Å². The molecular weight excluding hydrogens is 248 g/mol. The molecule has 0 atom stereocenters. The molecule has 0 unspecified atom stereocenters. The normalized spacial score (nSPS) is 19.1. The van der Waals surface area contributed by atoms with Crippen LogP contribution in [0, 0.1) is 5.92 Å². The highest BCUT2D eigenvalue weighted by molar-refractivity contribution is 5.78. The Morgan fingerprint density at radius 2 is 2.10 bits per heavy atom. The number of aromatic amines is 1. The van der Waals surface area contributed by atoms with Crippen LogP contribution in [0.15, 0.2) is 18.2 Å². The van der Waals surface area contributed by atoms with Crippen LogP contribution in [0.2, 0.25) is 0 Å². The van der Waals surface area contributed by atoms with Gasteiger partial charge in [0.1, 0.15) is 5.82 Å². The van der Waals surface area contributed by atoms with Crippen molar-refractivity contribution >= 4 is 16.7 Å². The van der Waals surface area contributed by atoms with Crippen LogP contribution in [0.5, 0.6) is 0 Å². The van der Waals surface area contributed by atoms with Crippen molar-refractivity contribution in [1.29, 1.82) is 0 Å². The van der Waals surface area contributed by atoms with Crippen LogP contribution in [0.25, 0.3) is 11.0 Å². The highest BCUT2D eigenvalue weighted by Crippen LogP contribution is 2.34. The molecule has 20 heavy (non-hydrogen) atoms. The maximum atomic E-state index is 5.81. The molecule has 2 aliphatic rings. The van der Waals surface area contributed by atoms with Crippen LogP contribution in [-0.2, 0) is 6.42 Å². The standard InChI is InChI=1S/C16H22N4/c17-12-3-6-14-15(9-12)19-16(18-14)7-8-20(13-4-5-13)10-11-1-2-11/h3,6,9,11,13H,1-2,4-5,7-8,10,17H2,(H,18,19). The van der Waals surface area contributed by atoms with Gasteiger partial charge in [-0.1, -0.05) is 0 Å². The number of benzene rings is 1. The summed E-state index contributed by atoms with van der Waals surface area (Å²) in [6.07, 6.45) is 6.67. The molecule has 0 radical (unpaired) electrons. The van der Waals surface area contributed by atoms with Gasteiger partial charge in [0.2, 0.25) is 0 Å². The number of anilines is 1. The second kappa shape index (κ2) is 4.77. The Morgan fingerprint density at radius 1 is 1.25 bits per heavy atom. The van der Waals surface area contributed by atoms with Gasteiger partial charge in [-0.3, -0.25) is 4.90 Å². The molecule has 3 N–H and O–H groups in total. The summed E-state index contributed by atoms with van der Waals surface area (Å²) in [7, 11) is 0. The summed E-state index contributed by atoms with van der Waals surface area (Å²) in [6.45, 7) is 2.44. The molecule has 0 amide bonds. The number of nitrogens with zero attached hydrogens (tertiary/aromatic N) is 2. The number of hydrogen-bond donors (Lipinski definition) is 2. The number of nitrogens with one attached hydrogen (secondary N) is 1. The Balaban J connectivity index is 1.43. The van der Waals surface area contributed by atoms with Gasteiger partial charge in [0.15, 0.2) is 0 Å². The lowest BCUT2D eigenvalue weighted by atomic mass is 10.3.